The van der Waals surface area contributed by atoms with Crippen molar-refractivity contribution in [1.29, 1.82) is 0 Å². The molecule has 0 saturated heterocycles. The molecule has 0 unspecified atom stereocenters. The summed E-state index contributed by atoms with van der Waals surface area (Å²) in [6.45, 7) is 9.28. The van der Waals surface area contributed by atoms with Crippen LogP contribution in [0.25, 0.3) is 5.57 Å². The van der Waals surface area contributed by atoms with Crippen molar-refractivity contribution in [1.82, 2.24) is 0 Å². The predicted octanol–water partition coefficient (Wildman–Crippen LogP) is 5.02. The van der Waals surface area contributed by atoms with Gasteiger partial charge in [0.15, 0.2) is 0 Å². The van der Waals surface area contributed by atoms with Crippen molar-refractivity contribution in [2.75, 3.05) is 6.61 Å². The lowest BCUT2D eigenvalue weighted by Crippen LogP contribution is -2.21. The summed E-state index contributed by atoms with van der Waals surface area (Å²) in [6.07, 6.45) is 6.35. The van der Waals surface area contributed by atoms with Crippen molar-refractivity contribution in [3.8, 4) is 0 Å². The van der Waals surface area contributed by atoms with Crippen LogP contribution in [0, 0.1) is 11.3 Å². The highest BCUT2D eigenvalue weighted by Crippen LogP contribution is 2.39. The molecule has 0 heterocycles. The summed E-state index contributed by atoms with van der Waals surface area (Å²) in [4.78, 5) is 11.5. The minimum absolute atomic E-state index is 0.153. The number of ether oxygens (including phenoxy) is 1. The second-order valence-corrected chi connectivity index (χ2v) is 7.25. The van der Waals surface area contributed by atoms with Gasteiger partial charge in [0.1, 0.15) is 0 Å². The molecule has 1 aromatic carbocycles. The minimum atomic E-state index is -0.153. The molecule has 2 heteroatoms. The molecule has 0 radical (unpaired) electrons. The second kappa shape index (κ2) is 7.13. The molecule has 1 aromatic rings. The average molecular weight is 300 g/mol. The van der Waals surface area contributed by atoms with Crippen molar-refractivity contribution in [3.63, 3.8) is 0 Å². The molecule has 0 bridgehead atoms. The van der Waals surface area contributed by atoms with E-state index in [0.29, 0.717) is 18.4 Å². The summed E-state index contributed by atoms with van der Waals surface area (Å²) in [5, 5.41) is 0. The smallest absolute Gasteiger partial charge is 0.310 e. The molecule has 0 fully saturated rings. The second-order valence-electron chi connectivity index (χ2n) is 7.25. The van der Waals surface area contributed by atoms with Crippen LogP contribution in [0.2, 0.25) is 0 Å². The van der Waals surface area contributed by atoms with Crippen molar-refractivity contribution in [2.24, 2.45) is 11.3 Å². The number of benzene rings is 1. The fraction of sp³-hybridized carbons (Fsp3) is 0.550. The summed E-state index contributed by atoms with van der Waals surface area (Å²) >= 11 is 0. The molecule has 120 valence electrons. The zero-order chi connectivity index (χ0) is 16.2. The fourth-order valence-electron chi connectivity index (χ4n) is 3.10. The molecule has 0 aromatic heterocycles. The van der Waals surface area contributed by atoms with Gasteiger partial charge >= 0.3 is 5.97 Å². The van der Waals surface area contributed by atoms with Crippen LogP contribution in [0.1, 0.15) is 58.1 Å². The van der Waals surface area contributed by atoms with E-state index < -0.39 is 0 Å². The highest BCUT2D eigenvalue weighted by molar-refractivity contribution is 5.73. The Hall–Kier alpha value is -1.57. The third kappa shape index (κ3) is 4.46. The molecule has 1 aliphatic carbocycles. The van der Waals surface area contributed by atoms with E-state index in [9.17, 15) is 4.79 Å². The third-order valence-electron chi connectivity index (χ3n) is 4.61. The Labute approximate surface area is 134 Å². The first-order valence-electron chi connectivity index (χ1n) is 8.34. The quantitative estimate of drug-likeness (QED) is 0.730. The molecule has 0 amide bonds. The first-order chi connectivity index (χ1) is 10.4. The van der Waals surface area contributed by atoms with Crippen LogP contribution < -0.4 is 0 Å². The molecule has 0 saturated carbocycles. The van der Waals surface area contributed by atoms with Crippen molar-refractivity contribution >= 4 is 11.5 Å². The zero-order valence-corrected chi connectivity index (χ0v) is 14.3. The largest absolute Gasteiger partial charge is 0.466 e. The molecule has 0 aliphatic heterocycles. The first-order valence-corrected chi connectivity index (χ1v) is 8.34. The lowest BCUT2D eigenvalue weighted by molar-refractivity contribution is -0.142. The number of carbonyl (C=O) groups is 1. The molecular weight excluding hydrogens is 272 g/mol. The zero-order valence-electron chi connectivity index (χ0n) is 14.3. The minimum Gasteiger partial charge on any atom is -0.466 e. The van der Waals surface area contributed by atoms with Gasteiger partial charge in [0.05, 0.1) is 13.0 Å². The van der Waals surface area contributed by atoms with Crippen LogP contribution in [0.3, 0.4) is 0 Å². The Morgan fingerprint density at radius 1 is 1.23 bits per heavy atom. The van der Waals surface area contributed by atoms with Crippen LogP contribution in [-0.2, 0) is 16.0 Å². The standard InChI is InChI=1S/C20H28O2/c1-5-22-19(21)14-15-6-8-16(9-7-15)17-10-12-18(13-11-17)20(2,3)4/h6-10,18H,5,11-14H2,1-4H3/t18-/m1/s1. The van der Waals surface area contributed by atoms with Crippen molar-refractivity contribution < 1.29 is 9.53 Å². The normalized spacial score (nSPS) is 18.7. The molecular formula is C20H28O2. The Morgan fingerprint density at radius 2 is 1.91 bits per heavy atom. The lowest BCUT2D eigenvalue weighted by atomic mass is 9.72. The molecule has 22 heavy (non-hydrogen) atoms. The summed E-state index contributed by atoms with van der Waals surface area (Å²) in [5.74, 6) is 0.625. The monoisotopic (exact) mass is 300 g/mol. The molecule has 2 nitrogen and oxygen atoms in total. The highest BCUT2D eigenvalue weighted by atomic mass is 16.5. The van der Waals surface area contributed by atoms with E-state index in [1.54, 1.807) is 0 Å². The maximum atomic E-state index is 11.5. The Bertz CT molecular complexity index is 532. The number of rotatable bonds is 4. The topological polar surface area (TPSA) is 26.3 Å². The van der Waals surface area contributed by atoms with Gasteiger partial charge in [-0.3, -0.25) is 4.79 Å². The van der Waals surface area contributed by atoms with Gasteiger partial charge in [-0.15, -0.1) is 0 Å². The van der Waals surface area contributed by atoms with Gasteiger partial charge in [-0.05, 0) is 54.2 Å². The van der Waals surface area contributed by atoms with E-state index >= 15 is 0 Å². The van der Waals surface area contributed by atoms with Gasteiger partial charge in [-0.1, -0.05) is 51.1 Å². The molecule has 0 spiro atoms. The Morgan fingerprint density at radius 3 is 2.41 bits per heavy atom. The number of esters is 1. The van der Waals surface area contributed by atoms with Crippen LogP contribution in [-0.4, -0.2) is 12.6 Å². The number of hydrogen-bond donors (Lipinski definition) is 0. The van der Waals surface area contributed by atoms with Gasteiger partial charge in [0.2, 0.25) is 0 Å². The predicted molar refractivity (Wildman–Crippen MR) is 91.6 cm³/mol. The SMILES string of the molecule is CCOC(=O)Cc1ccc(C2=CC[C@@H](C(C)(C)C)CC2)cc1. The van der Waals surface area contributed by atoms with Crippen LogP contribution in [0.5, 0.6) is 0 Å². The molecule has 0 N–H and O–H groups in total. The van der Waals surface area contributed by atoms with Gasteiger partial charge in [-0.25, -0.2) is 0 Å². The highest BCUT2D eigenvalue weighted by Gasteiger charge is 2.26. The van der Waals surface area contributed by atoms with E-state index in [1.165, 1.54) is 24.0 Å². The van der Waals surface area contributed by atoms with E-state index in [0.717, 1.165) is 17.9 Å². The maximum Gasteiger partial charge on any atom is 0.310 e. The molecule has 1 aliphatic rings. The van der Waals surface area contributed by atoms with E-state index in [1.807, 2.05) is 19.1 Å². The summed E-state index contributed by atoms with van der Waals surface area (Å²) in [7, 11) is 0. The van der Waals surface area contributed by atoms with Crippen LogP contribution >= 0.6 is 0 Å². The summed E-state index contributed by atoms with van der Waals surface area (Å²) < 4.78 is 4.99. The van der Waals surface area contributed by atoms with E-state index in [2.05, 4.69) is 39.0 Å². The van der Waals surface area contributed by atoms with Crippen LogP contribution in [0.4, 0.5) is 0 Å². The average Bonchev–Trinajstić information content (AvgIpc) is 2.47. The molecule has 2 rings (SSSR count). The van der Waals surface area contributed by atoms with Gasteiger partial charge < -0.3 is 4.74 Å². The Balaban J connectivity index is 1.99. The van der Waals surface area contributed by atoms with Crippen LogP contribution in [0.15, 0.2) is 30.3 Å². The van der Waals surface area contributed by atoms with Crippen molar-refractivity contribution in [2.45, 2.75) is 53.4 Å². The van der Waals surface area contributed by atoms with Gasteiger partial charge in [0.25, 0.3) is 0 Å². The Kier molecular flexibility index (Phi) is 5.44. The number of hydrogen-bond acceptors (Lipinski definition) is 2. The fourth-order valence-corrected chi connectivity index (χ4v) is 3.10. The molecule has 1 atom stereocenters. The number of carbonyl (C=O) groups excluding carboxylic acids is 1. The third-order valence-corrected chi connectivity index (χ3v) is 4.61. The summed E-state index contributed by atoms with van der Waals surface area (Å²) in [6, 6.07) is 8.36. The van der Waals surface area contributed by atoms with E-state index in [-0.39, 0.29) is 5.97 Å². The number of allylic oxidation sites excluding steroid dienone is 2. The van der Waals surface area contributed by atoms with Gasteiger partial charge in [0, 0.05) is 0 Å². The maximum absolute atomic E-state index is 11.5. The van der Waals surface area contributed by atoms with Crippen molar-refractivity contribution in [3.05, 3.63) is 41.5 Å². The van der Waals surface area contributed by atoms with E-state index in [4.69, 9.17) is 4.74 Å². The van der Waals surface area contributed by atoms with Gasteiger partial charge in [-0.2, -0.15) is 0 Å². The first kappa shape index (κ1) is 16.8. The lowest BCUT2D eigenvalue weighted by Gasteiger charge is -2.33. The summed E-state index contributed by atoms with van der Waals surface area (Å²) in [5.41, 5.74) is 4.15.